The Kier molecular flexibility index (Phi) is 7.32. The number of carbonyl (C=O) groups is 2. The van der Waals surface area contributed by atoms with Gasteiger partial charge in [0.1, 0.15) is 0 Å². The van der Waals surface area contributed by atoms with Gasteiger partial charge in [-0.05, 0) is 32.2 Å². The number of esters is 1. The maximum atomic E-state index is 11.5. The molecule has 7 heteroatoms. The number of nitrogens with zero attached hydrogens (tertiary/aromatic N) is 1. The number of piperidine rings is 1. The third-order valence-electron chi connectivity index (χ3n) is 3.38. The van der Waals surface area contributed by atoms with Crippen LogP contribution in [0.4, 0.5) is 4.79 Å². The molecule has 2 atom stereocenters. The Balaban J connectivity index is 2.51. The molecule has 1 heterocycles. The molecule has 0 aromatic heterocycles. The summed E-state index contributed by atoms with van der Waals surface area (Å²) in [6.45, 7) is 3.98. The van der Waals surface area contributed by atoms with Crippen LogP contribution in [-0.2, 0) is 9.53 Å². The second kappa shape index (κ2) is 8.76. The molecular formula is C13H25N3O4. The van der Waals surface area contributed by atoms with Crippen LogP contribution in [0.15, 0.2) is 0 Å². The summed E-state index contributed by atoms with van der Waals surface area (Å²) in [6, 6.07) is -0.366. The van der Waals surface area contributed by atoms with Crippen LogP contribution in [-0.4, -0.2) is 60.9 Å². The van der Waals surface area contributed by atoms with E-state index in [0.717, 1.165) is 6.42 Å². The van der Waals surface area contributed by atoms with E-state index in [1.54, 1.807) is 11.8 Å². The lowest BCUT2D eigenvalue weighted by Gasteiger charge is -2.37. The number of rotatable bonds is 7. The maximum Gasteiger partial charge on any atom is 0.314 e. The lowest BCUT2D eigenvalue weighted by Crippen LogP contribution is -2.53. The average molecular weight is 287 g/mol. The Morgan fingerprint density at radius 1 is 1.45 bits per heavy atom. The van der Waals surface area contributed by atoms with Crippen molar-refractivity contribution in [2.45, 2.75) is 32.2 Å². The molecule has 7 nitrogen and oxygen atoms in total. The summed E-state index contributed by atoms with van der Waals surface area (Å²) < 4.78 is 4.95. The van der Waals surface area contributed by atoms with Gasteiger partial charge in [0.05, 0.1) is 13.0 Å². The molecule has 2 amide bonds. The van der Waals surface area contributed by atoms with Crippen LogP contribution in [0.3, 0.4) is 0 Å². The number of aliphatic hydroxyl groups excluding tert-OH is 1. The van der Waals surface area contributed by atoms with Crippen molar-refractivity contribution in [1.82, 2.24) is 10.2 Å². The number of amides is 2. The topological polar surface area (TPSA) is 105 Å². The lowest BCUT2D eigenvalue weighted by atomic mass is 9.91. The highest BCUT2D eigenvalue weighted by molar-refractivity contribution is 5.73. The zero-order valence-corrected chi connectivity index (χ0v) is 12.0. The summed E-state index contributed by atoms with van der Waals surface area (Å²) in [5.41, 5.74) is 5.34. The Morgan fingerprint density at radius 3 is 2.80 bits per heavy atom. The molecule has 0 aromatic carbocycles. The van der Waals surface area contributed by atoms with Gasteiger partial charge in [0.25, 0.3) is 0 Å². The van der Waals surface area contributed by atoms with Gasteiger partial charge in [-0.25, -0.2) is 4.79 Å². The van der Waals surface area contributed by atoms with E-state index in [0.29, 0.717) is 39.1 Å². The molecule has 0 aliphatic carbocycles. The quantitative estimate of drug-likeness (QED) is 0.440. The van der Waals surface area contributed by atoms with Crippen molar-refractivity contribution in [3.63, 3.8) is 0 Å². The summed E-state index contributed by atoms with van der Waals surface area (Å²) in [4.78, 5) is 24.5. The number of carbonyl (C=O) groups excluding carboxylic acids is 2. The fourth-order valence-electron chi connectivity index (χ4n) is 2.52. The van der Waals surface area contributed by atoms with Crippen LogP contribution >= 0.6 is 0 Å². The Labute approximate surface area is 119 Å². The first-order valence-corrected chi connectivity index (χ1v) is 7.11. The van der Waals surface area contributed by atoms with Crippen LogP contribution < -0.4 is 11.1 Å². The SMILES string of the molecule is CCOC(=O)CC1CC(NCCCO)CN(C(N)=O)C1. The van der Waals surface area contributed by atoms with E-state index in [1.807, 2.05) is 0 Å². The van der Waals surface area contributed by atoms with E-state index in [1.165, 1.54) is 0 Å². The Morgan fingerprint density at radius 2 is 2.20 bits per heavy atom. The molecule has 0 bridgehead atoms. The number of likely N-dealkylation sites (tertiary alicyclic amines) is 1. The number of nitrogens with one attached hydrogen (secondary N) is 1. The highest BCUT2D eigenvalue weighted by atomic mass is 16.5. The summed E-state index contributed by atoms with van der Waals surface area (Å²) >= 11 is 0. The van der Waals surface area contributed by atoms with E-state index in [4.69, 9.17) is 15.6 Å². The number of aliphatic hydroxyl groups is 1. The van der Waals surface area contributed by atoms with Gasteiger partial charge in [0, 0.05) is 25.7 Å². The van der Waals surface area contributed by atoms with E-state index in [-0.39, 0.29) is 24.5 Å². The van der Waals surface area contributed by atoms with E-state index >= 15 is 0 Å². The van der Waals surface area contributed by atoms with Crippen molar-refractivity contribution < 1.29 is 19.4 Å². The molecule has 1 saturated heterocycles. The highest BCUT2D eigenvalue weighted by Crippen LogP contribution is 2.20. The maximum absolute atomic E-state index is 11.5. The lowest BCUT2D eigenvalue weighted by molar-refractivity contribution is -0.144. The molecule has 1 fully saturated rings. The van der Waals surface area contributed by atoms with E-state index in [2.05, 4.69) is 5.32 Å². The molecule has 20 heavy (non-hydrogen) atoms. The summed E-state index contributed by atoms with van der Waals surface area (Å²) in [6.07, 6.45) is 1.76. The minimum atomic E-state index is -0.465. The molecule has 116 valence electrons. The molecule has 0 spiro atoms. The predicted octanol–water partition coefficient (Wildman–Crippen LogP) is -0.319. The zero-order valence-electron chi connectivity index (χ0n) is 12.0. The molecule has 1 rings (SSSR count). The normalized spacial score (nSPS) is 22.6. The predicted molar refractivity (Wildman–Crippen MR) is 74.0 cm³/mol. The molecule has 1 aliphatic rings. The molecule has 0 saturated carbocycles. The molecule has 0 aromatic rings. The van der Waals surface area contributed by atoms with Crippen LogP contribution in [0.2, 0.25) is 0 Å². The first-order chi connectivity index (χ1) is 9.56. The smallest absolute Gasteiger partial charge is 0.314 e. The molecule has 4 N–H and O–H groups in total. The van der Waals surface area contributed by atoms with Crippen molar-refractivity contribution in [1.29, 1.82) is 0 Å². The second-order valence-electron chi connectivity index (χ2n) is 5.08. The summed E-state index contributed by atoms with van der Waals surface area (Å²) in [5, 5.41) is 12.1. The van der Waals surface area contributed by atoms with Gasteiger partial charge < -0.3 is 25.8 Å². The summed E-state index contributed by atoms with van der Waals surface area (Å²) in [5.74, 6) is -0.181. The molecule has 2 unspecified atom stereocenters. The van der Waals surface area contributed by atoms with Gasteiger partial charge in [-0.1, -0.05) is 0 Å². The third kappa shape index (κ3) is 5.75. The summed E-state index contributed by atoms with van der Waals surface area (Å²) in [7, 11) is 0. The standard InChI is InChI=1S/C13H25N3O4/c1-2-20-12(18)7-10-6-11(15-4-3-5-17)9-16(8-10)13(14)19/h10-11,15,17H,2-9H2,1H3,(H2,14,19). The number of hydrogen-bond donors (Lipinski definition) is 3. The molecule has 1 aliphatic heterocycles. The minimum absolute atomic E-state index is 0.0573. The molecular weight excluding hydrogens is 262 g/mol. The first-order valence-electron chi connectivity index (χ1n) is 7.11. The number of urea groups is 1. The fourth-order valence-corrected chi connectivity index (χ4v) is 2.52. The monoisotopic (exact) mass is 287 g/mol. The van der Waals surface area contributed by atoms with Gasteiger partial charge in [0.2, 0.25) is 0 Å². The third-order valence-corrected chi connectivity index (χ3v) is 3.38. The van der Waals surface area contributed by atoms with Crippen molar-refractivity contribution in [3.05, 3.63) is 0 Å². The van der Waals surface area contributed by atoms with Gasteiger partial charge in [0.15, 0.2) is 0 Å². The number of nitrogens with two attached hydrogens (primary N) is 1. The average Bonchev–Trinajstić information content (AvgIpc) is 2.39. The molecule has 0 radical (unpaired) electrons. The van der Waals surface area contributed by atoms with E-state index < -0.39 is 6.03 Å². The Hall–Kier alpha value is -1.34. The van der Waals surface area contributed by atoms with Gasteiger partial charge in [-0.15, -0.1) is 0 Å². The van der Waals surface area contributed by atoms with Crippen molar-refractivity contribution in [3.8, 4) is 0 Å². The highest BCUT2D eigenvalue weighted by Gasteiger charge is 2.30. The minimum Gasteiger partial charge on any atom is -0.466 e. The van der Waals surface area contributed by atoms with Crippen molar-refractivity contribution in [2.24, 2.45) is 11.7 Å². The number of ether oxygens (including phenoxy) is 1. The number of hydrogen-bond acceptors (Lipinski definition) is 5. The van der Waals surface area contributed by atoms with Gasteiger partial charge >= 0.3 is 12.0 Å². The Bertz CT molecular complexity index is 325. The van der Waals surface area contributed by atoms with Crippen molar-refractivity contribution in [2.75, 3.05) is 32.8 Å². The van der Waals surface area contributed by atoms with Gasteiger partial charge in [-0.3, -0.25) is 4.79 Å². The van der Waals surface area contributed by atoms with Crippen LogP contribution in [0.5, 0.6) is 0 Å². The fraction of sp³-hybridized carbons (Fsp3) is 0.846. The van der Waals surface area contributed by atoms with E-state index in [9.17, 15) is 9.59 Å². The van der Waals surface area contributed by atoms with Crippen molar-refractivity contribution >= 4 is 12.0 Å². The largest absolute Gasteiger partial charge is 0.466 e. The zero-order chi connectivity index (χ0) is 15.0. The van der Waals surface area contributed by atoms with Crippen LogP contribution in [0.1, 0.15) is 26.2 Å². The second-order valence-corrected chi connectivity index (χ2v) is 5.08. The van der Waals surface area contributed by atoms with Gasteiger partial charge in [-0.2, -0.15) is 0 Å². The number of primary amides is 1. The van der Waals surface area contributed by atoms with Crippen LogP contribution in [0.25, 0.3) is 0 Å². The first kappa shape index (κ1) is 16.7. The van der Waals surface area contributed by atoms with Crippen LogP contribution in [0, 0.1) is 5.92 Å².